The van der Waals surface area contributed by atoms with E-state index in [0.29, 0.717) is 11.1 Å². The van der Waals surface area contributed by atoms with Crippen molar-refractivity contribution in [3.8, 4) is 0 Å². The number of halogens is 2. The third-order valence-corrected chi connectivity index (χ3v) is 4.67. The smallest absolute Gasteiger partial charge is 0.124 e. The lowest BCUT2D eigenvalue weighted by molar-refractivity contribution is 0.597. The third-order valence-electron chi connectivity index (χ3n) is 3.28. The molecule has 0 aliphatic carbocycles. The summed E-state index contributed by atoms with van der Waals surface area (Å²) in [6, 6.07) is 13.4. The van der Waals surface area contributed by atoms with Crippen LogP contribution in [0.1, 0.15) is 31.0 Å². The van der Waals surface area contributed by atoms with E-state index in [9.17, 15) is 4.39 Å². The van der Waals surface area contributed by atoms with Gasteiger partial charge in [0.05, 0.1) is 0 Å². The first-order valence-electron chi connectivity index (χ1n) is 7.00. The lowest BCUT2D eigenvalue weighted by atomic mass is 10.1. The van der Waals surface area contributed by atoms with E-state index in [-0.39, 0.29) is 5.82 Å². The Morgan fingerprint density at radius 1 is 1.24 bits per heavy atom. The standard InChI is InChI=1S/C17H19ClFNS/c1-3-20-12(2)13-5-4-6-16(9-13)21-11-14-7-8-15(19)10-17(14)18/h4-10,12,20H,3,11H2,1-2H3. The van der Waals surface area contributed by atoms with Crippen LogP contribution in [0, 0.1) is 5.82 Å². The number of nitrogens with one attached hydrogen (secondary N) is 1. The average Bonchev–Trinajstić information content (AvgIpc) is 2.47. The average molecular weight is 324 g/mol. The van der Waals surface area contributed by atoms with Crippen LogP contribution in [0.3, 0.4) is 0 Å². The van der Waals surface area contributed by atoms with Crippen LogP contribution < -0.4 is 5.32 Å². The van der Waals surface area contributed by atoms with Crippen LogP contribution in [0.2, 0.25) is 5.02 Å². The van der Waals surface area contributed by atoms with Crippen LogP contribution in [0.15, 0.2) is 47.4 Å². The minimum Gasteiger partial charge on any atom is -0.310 e. The molecule has 0 radical (unpaired) electrons. The van der Waals surface area contributed by atoms with E-state index in [2.05, 4.69) is 43.4 Å². The highest BCUT2D eigenvalue weighted by Gasteiger charge is 2.06. The summed E-state index contributed by atoms with van der Waals surface area (Å²) in [7, 11) is 0. The number of hydrogen-bond donors (Lipinski definition) is 1. The van der Waals surface area contributed by atoms with Crippen LogP contribution in [0.4, 0.5) is 4.39 Å². The molecule has 0 aliphatic rings. The number of rotatable bonds is 6. The predicted molar refractivity (Wildman–Crippen MR) is 89.5 cm³/mol. The molecule has 1 atom stereocenters. The van der Waals surface area contributed by atoms with Crippen molar-refractivity contribution in [2.75, 3.05) is 6.54 Å². The Hall–Kier alpha value is -1.03. The van der Waals surface area contributed by atoms with Crippen molar-refractivity contribution < 1.29 is 4.39 Å². The molecule has 0 aliphatic heterocycles. The zero-order valence-electron chi connectivity index (χ0n) is 12.2. The molecule has 1 unspecified atom stereocenters. The van der Waals surface area contributed by atoms with Crippen molar-refractivity contribution in [1.82, 2.24) is 5.32 Å². The molecule has 112 valence electrons. The summed E-state index contributed by atoms with van der Waals surface area (Å²) in [5, 5.41) is 3.89. The molecule has 0 spiro atoms. The van der Waals surface area contributed by atoms with E-state index in [4.69, 9.17) is 11.6 Å². The van der Waals surface area contributed by atoms with Gasteiger partial charge in [0.1, 0.15) is 5.82 Å². The van der Waals surface area contributed by atoms with E-state index in [1.165, 1.54) is 22.6 Å². The maximum absolute atomic E-state index is 13.0. The Morgan fingerprint density at radius 2 is 2.05 bits per heavy atom. The van der Waals surface area contributed by atoms with E-state index in [1.807, 2.05) is 0 Å². The van der Waals surface area contributed by atoms with Crippen LogP contribution in [0.25, 0.3) is 0 Å². The van der Waals surface area contributed by atoms with Crippen molar-refractivity contribution in [1.29, 1.82) is 0 Å². The van der Waals surface area contributed by atoms with Gasteiger partial charge in [0.25, 0.3) is 0 Å². The van der Waals surface area contributed by atoms with E-state index in [0.717, 1.165) is 17.9 Å². The van der Waals surface area contributed by atoms with Crippen molar-refractivity contribution in [2.45, 2.75) is 30.5 Å². The SMILES string of the molecule is CCNC(C)c1cccc(SCc2ccc(F)cc2Cl)c1. The molecule has 0 aromatic heterocycles. The van der Waals surface area contributed by atoms with Gasteiger partial charge in [-0.15, -0.1) is 11.8 Å². The summed E-state index contributed by atoms with van der Waals surface area (Å²) in [5.41, 5.74) is 2.22. The zero-order chi connectivity index (χ0) is 15.2. The molecule has 0 heterocycles. The molecule has 2 aromatic carbocycles. The fraction of sp³-hybridized carbons (Fsp3) is 0.294. The van der Waals surface area contributed by atoms with Gasteiger partial charge in [-0.05, 0) is 48.9 Å². The molecule has 0 saturated carbocycles. The summed E-state index contributed by atoms with van der Waals surface area (Å²) in [5.74, 6) is 0.438. The Bertz CT molecular complexity index is 603. The third kappa shape index (κ3) is 4.73. The Balaban J connectivity index is 2.04. The molecule has 4 heteroatoms. The predicted octanol–water partition coefficient (Wildman–Crippen LogP) is 5.44. The van der Waals surface area contributed by atoms with Crippen molar-refractivity contribution in [3.63, 3.8) is 0 Å². The summed E-state index contributed by atoms with van der Waals surface area (Å²) in [6.45, 7) is 5.21. The molecule has 2 rings (SSSR count). The fourth-order valence-electron chi connectivity index (χ4n) is 2.10. The van der Waals surface area contributed by atoms with Gasteiger partial charge in [0.15, 0.2) is 0 Å². The maximum atomic E-state index is 13.0. The highest BCUT2D eigenvalue weighted by Crippen LogP contribution is 2.28. The Labute approximate surface area is 134 Å². The fourth-order valence-corrected chi connectivity index (χ4v) is 3.38. The monoisotopic (exact) mass is 323 g/mol. The minimum absolute atomic E-state index is 0.296. The molecule has 0 fully saturated rings. The number of hydrogen-bond acceptors (Lipinski definition) is 2. The molecular formula is C17H19ClFNS. The number of benzene rings is 2. The van der Waals surface area contributed by atoms with Crippen LogP contribution >= 0.6 is 23.4 Å². The van der Waals surface area contributed by atoms with Crippen molar-refractivity contribution >= 4 is 23.4 Å². The van der Waals surface area contributed by atoms with Gasteiger partial charge < -0.3 is 5.32 Å². The van der Waals surface area contributed by atoms with Crippen molar-refractivity contribution in [2.24, 2.45) is 0 Å². The maximum Gasteiger partial charge on any atom is 0.124 e. The topological polar surface area (TPSA) is 12.0 Å². The summed E-state index contributed by atoms with van der Waals surface area (Å²) >= 11 is 7.76. The van der Waals surface area contributed by atoms with Crippen LogP contribution in [-0.4, -0.2) is 6.54 Å². The summed E-state index contributed by atoms with van der Waals surface area (Å²) in [6.07, 6.45) is 0. The zero-order valence-corrected chi connectivity index (χ0v) is 13.8. The summed E-state index contributed by atoms with van der Waals surface area (Å²) < 4.78 is 13.0. The molecule has 0 saturated heterocycles. The van der Waals surface area contributed by atoms with Gasteiger partial charge >= 0.3 is 0 Å². The van der Waals surface area contributed by atoms with Crippen LogP contribution in [0.5, 0.6) is 0 Å². The first-order chi connectivity index (χ1) is 10.1. The molecule has 2 aromatic rings. The second-order valence-corrected chi connectivity index (χ2v) is 6.33. The molecule has 1 N–H and O–H groups in total. The van der Waals surface area contributed by atoms with E-state index in [1.54, 1.807) is 17.8 Å². The first-order valence-corrected chi connectivity index (χ1v) is 8.36. The number of thioether (sulfide) groups is 1. The molecule has 1 nitrogen and oxygen atoms in total. The van der Waals surface area contributed by atoms with Gasteiger partial charge in [0.2, 0.25) is 0 Å². The molecular weight excluding hydrogens is 305 g/mol. The Morgan fingerprint density at radius 3 is 2.76 bits per heavy atom. The van der Waals surface area contributed by atoms with Gasteiger partial charge in [0, 0.05) is 21.7 Å². The highest BCUT2D eigenvalue weighted by molar-refractivity contribution is 7.98. The van der Waals surface area contributed by atoms with Gasteiger partial charge in [-0.2, -0.15) is 0 Å². The van der Waals surface area contributed by atoms with E-state index >= 15 is 0 Å². The van der Waals surface area contributed by atoms with E-state index < -0.39 is 0 Å². The summed E-state index contributed by atoms with van der Waals surface area (Å²) in [4.78, 5) is 1.19. The largest absolute Gasteiger partial charge is 0.310 e. The Kier molecular flexibility index (Phi) is 6.09. The van der Waals surface area contributed by atoms with Gasteiger partial charge in [-0.1, -0.05) is 36.7 Å². The lowest BCUT2D eigenvalue weighted by Gasteiger charge is -2.14. The normalized spacial score (nSPS) is 12.4. The molecule has 0 amide bonds. The van der Waals surface area contributed by atoms with Crippen LogP contribution in [-0.2, 0) is 5.75 Å². The minimum atomic E-state index is -0.296. The van der Waals surface area contributed by atoms with Crippen molar-refractivity contribution in [3.05, 3.63) is 64.4 Å². The first kappa shape index (κ1) is 16.3. The molecule has 0 bridgehead atoms. The van der Waals surface area contributed by atoms with Gasteiger partial charge in [-0.3, -0.25) is 0 Å². The lowest BCUT2D eigenvalue weighted by Crippen LogP contribution is -2.17. The van der Waals surface area contributed by atoms with Gasteiger partial charge in [-0.25, -0.2) is 4.39 Å². The quantitative estimate of drug-likeness (QED) is 0.710. The molecule has 21 heavy (non-hydrogen) atoms. The highest BCUT2D eigenvalue weighted by atomic mass is 35.5. The second-order valence-electron chi connectivity index (χ2n) is 4.88. The second kappa shape index (κ2) is 7.83.